The Morgan fingerprint density at radius 3 is 1.93 bits per heavy atom. The van der Waals surface area contributed by atoms with Gasteiger partial charge in [-0.25, -0.2) is 0 Å². The molecule has 0 aliphatic heterocycles. The normalized spacial score (nSPS) is 13.1. The zero-order chi connectivity index (χ0) is 21.4. The van der Waals surface area contributed by atoms with Gasteiger partial charge in [-0.1, -0.05) is 69.0 Å². The third kappa shape index (κ3) is 8.84. The van der Waals surface area contributed by atoms with Gasteiger partial charge in [0.15, 0.2) is 0 Å². The summed E-state index contributed by atoms with van der Waals surface area (Å²) in [5.74, 6) is 0. The lowest BCUT2D eigenvalue weighted by Crippen LogP contribution is -2.30. The van der Waals surface area contributed by atoms with E-state index in [0.29, 0.717) is 11.3 Å². The fourth-order valence-electron chi connectivity index (χ4n) is 2.12. The molecule has 0 bridgehead atoms. The van der Waals surface area contributed by atoms with Crippen LogP contribution in [0.1, 0.15) is 42.0 Å². The van der Waals surface area contributed by atoms with Crippen LogP contribution in [0.25, 0.3) is 25.3 Å². The average molecular weight is 475 g/mol. The molecule has 0 aromatic carbocycles. The SMILES string of the molecule is C.C=c1s/c(=C\C)c(=O)n1CPC(C)C.C=c1s/c(=C\CPC(C)C)c(=O)n1C. The van der Waals surface area contributed by atoms with Crippen molar-refractivity contribution in [1.29, 1.82) is 0 Å². The number of thiazole rings is 2. The van der Waals surface area contributed by atoms with Gasteiger partial charge in [-0.05, 0) is 24.4 Å². The zero-order valence-electron chi connectivity index (χ0n) is 17.7. The number of aromatic nitrogens is 2. The second kappa shape index (κ2) is 13.5. The van der Waals surface area contributed by atoms with E-state index in [1.54, 1.807) is 16.2 Å². The summed E-state index contributed by atoms with van der Waals surface area (Å²) in [5, 5.41) is 0. The van der Waals surface area contributed by atoms with Gasteiger partial charge in [-0.3, -0.25) is 14.2 Å². The zero-order valence-corrected chi connectivity index (χ0v) is 21.3. The van der Waals surface area contributed by atoms with Crippen LogP contribution in [0.4, 0.5) is 0 Å². The summed E-state index contributed by atoms with van der Waals surface area (Å²) in [4.78, 5) is 23.3. The third-order valence-electron chi connectivity index (χ3n) is 3.84. The molecule has 164 valence electrons. The molecule has 0 aliphatic rings. The number of hydrogen-bond donors (Lipinski definition) is 0. The number of nitrogens with zero attached hydrogens (tertiary/aromatic N) is 2. The molecule has 0 radical (unpaired) electrons. The highest BCUT2D eigenvalue weighted by molar-refractivity contribution is 7.39. The Bertz CT molecular complexity index is 1090. The molecule has 0 saturated carbocycles. The van der Waals surface area contributed by atoms with Gasteiger partial charge in [0.1, 0.15) is 0 Å². The minimum Gasteiger partial charge on any atom is -0.303 e. The Morgan fingerprint density at radius 2 is 1.52 bits per heavy atom. The van der Waals surface area contributed by atoms with Gasteiger partial charge in [0, 0.05) is 13.3 Å². The Morgan fingerprint density at radius 1 is 0.966 bits per heavy atom. The van der Waals surface area contributed by atoms with Crippen LogP contribution in [-0.2, 0) is 13.3 Å². The van der Waals surface area contributed by atoms with Crippen molar-refractivity contribution in [2.45, 2.75) is 59.6 Å². The maximum atomic E-state index is 11.7. The predicted octanol–water partition coefficient (Wildman–Crippen LogP) is 2.53. The molecule has 0 N–H and O–H groups in total. The molecule has 2 atom stereocenters. The molecule has 0 fully saturated rings. The monoisotopic (exact) mass is 474 g/mol. The van der Waals surface area contributed by atoms with E-state index in [1.165, 1.54) is 22.7 Å². The summed E-state index contributed by atoms with van der Waals surface area (Å²) in [6.07, 6.45) is 5.73. The smallest absolute Gasteiger partial charge is 0.268 e. The van der Waals surface area contributed by atoms with Gasteiger partial charge in [0.05, 0.1) is 18.4 Å². The fourth-order valence-corrected chi connectivity index (χ4v) is 5.75. The van der Waals surface area contributed by atoms with E-state index in [1.807, 2.05) is 19.1 Å². The minimum atomic E-state index is 0. The van der Waals surface area contributed by atoms with Crippen molar-refractivity contribution < 1.29 is 0 Å². The molecule has 2 aromatic rings. The topological polar surface area (TPSA) is 44.0 Å². The molecule has 2 heterocycles. The van der Waals surface area contributed by atoms with Crippen molar-refractivity contribution in [2.24, 2.45) is 7.05 Å². The lowest BCUT2D eigenvalue weighted by molar-refractivity contribution is 0.826. The lowest BCUT2D eigenvalue weighted by Gasteiger charge is -2.04. The Labute approximate surface area is 186 Å². The summed E-state index contributed by atoms with van der Waals surface area (Å²) < 4.78 is 6.74. The van der Waals surface area contributed by atoms with E-state index in [0.717, 1.165) is 48.0 Å². The quantitative estimate of drug-likeness (QED) is 0.604. The van der Waals surface area contributed by atoms with E-state index in [4.69, 9.17) is 0 Å². The molecule has 0 amide bonds. The first-order valence-corrected chi connectivity index (χ1v) is 13.4. The van der Waals surface area contributed by atoms with Gasteiger partial charge in [0.2, 0.25) is 0 Å². The van der Waals surface area contributed by atoms with Crippen molar-refractivity contribution in [2.75, 3.05) is 6.16 Å². The maximum Gasteiger partial charge on any atom is 0.268 e. The van der Waals surface area contributed by atoms with E-state index in [9.17, 15) is 9.59 Å². The molecule has 29 heavy (non-hydrogen) atoms. The Balaban J connectivity index is 0.000000523. The molecule has 0 aliphatic carbocycles. The van der Waals surface area contributed by atoms with Gasteiger partial charge >= 0.3 is 0 Å². The van der Waals surface area contributed by atoms with E-state index in [-0.39, 0.29) is 18.5 Å². The molecular weight excluding hydrogens is 438 g/mol. The first-order valence-electron chi connectivity index (χ1n) is 9.25. The minimum absolute atomic E-state index is 0. The molecule has 4 nitrogen and oxygen atoms in total. The van der Waals surface area contributed by atoms with E-state index >= 15 is 0 Å². The van der Waals surface area contributed by atoms with Crippen LogP contribution in [0.2, 0.25) is 0 Å². The van der Waals surface area contributed by atoms with Crippen LogP contribution in [0.15, 0.2) is 9.59 Å². The van der Waals surface area contributed by atoms with Crippen molar-refractivity contribution in [1.82, 2.24) is 9.13 Å². The predicted molar refractivity (Wildman–Crippen MR) is 141 cm³/mol. The number of rotatable bonds is 6. The van der Waals surface area contributed by atoms with Gasteiger partial charge in [0.25, 0.3) is 11.1 Å². The fraction of sp³-hybridized carbons (Fsp3) is 0.524. The van der Waals surface area contributed by atoms with Crippen molar-refractivity contribution in [3.05, 3.63) is 39.1 Å². The highest BCUT2D eigenvalue weighted by Gasteiger charge is 2.02. The van der Waals surface area contributed by atoms with Gasteiger partial charge in [-0.15, -0.1) is 31.3 Å². The average Bonchev–Trinajstić information content (AvgIpc) is 3.03. The molecular formula is C21H36N2O2P2S2. The summed E-state index contributed by atoms with van der Waals surface area (Å²) in [6, 6.07) is 0. The summed E-state index contributed by atoms with van der Waals surface area (Å²) >= 11 is 2.96. The highest BCUT2D eigenvalue weighted by Crippen LogP contribution is 2.18. The van der Waals surface area contributed by atoms with Crippen molar-refractivity contribution >= 4 is 65.1 Å². The summed E-state index contributed by atoms with van der Waals surface area (Å²) in [7, 11) is 3.46. The molecule has 2 unspecified atom stereocenters. The number of hydrogen-bond acceptors (Lipinski definition) is 4. The van der Waals surface area contributed by atoms with Gasteiger partial charge < -0.3 is 4.57 Å². The van der Waals surface area contributed by atoms with Crippen LogP contribution < -0.4 is 29.5 Å². The summed E-state index contributed by atoms with van der Waals surface area (Å²) in [6.45, 7) is 18.3. The van der Waals surface area contributed by atoms with E-state index < -0.39 is 0 Å². The maximum absolute atomic E-state index is 11.7. The van der Waals surface area contributed by atoms with E-state index in [2.05, 4.69) is 40.9 Å². The van der Waals surface area contributed by atoms with Gasteiger partial charge in [-0.2, -0.15) is 0 Å². The largest absolute Gasteiger partial charge is 0.303 e. The van der Waals surface area contributed by atoms with Crippen LogP contribution in [0.3, 0.4) is 0 Å². The second-order valence-electron chi connectivity index (χ2n) is 6.89. The Kier molecular flexibility index (Phi) is 13.1. The van der Waals surface area contributed by atoms with Crippen LogP contribution in [-0.4, -0.2) is 26.6 Å². The van der Waals surface area contributed by atoms with Crippen molar-refractivity contribution in [3.8, 4) is 0 Å². The molecule has 2 rings (SSSR count). The second-order valence-corrected chi connectivity index (χ2v) is 13.0. The lowest BCUT2D eigenvalue weighted by atomic mass is 10.6. The van der Waals surface area contributed by atoms with Crippen LogP contribution in [0.5, 0.6) is 0 Å². The Hall–Kier alpha value is -0.800. The summed E-state index contributed by atoms with van der Waals surface area (Å²) in [5.41, 5.74) is 1.58. The first-order chi connectivity index (χ1) is 13.1. The molecule has 8 heteroatoms. The van der Waals surface area contributed by atoms with Crippen molar-refractivity contribution in [3.63, 3.8) is 0 Å². The standard InChI is InChI=1S/2C10H16NOPS.CH4/c1-7(2)13-6-5-9-10(12)11(4)8(3)14-9;1-5-9-10(12)11(8(4)14-9)6-13-7(2)3;/h5,7,13H,3,6H2,1-2,4H3;5,7,13H,4,6H2,1-3H3;1H4/b2*9-5-;. The van der Waals surface area contributed by atoms with Crippen LogP contribution >= 0.6 is 39.8 Å². The highest BCUT2D eigenvalue weighted by atomic mass is 32.1. The van der Waals surface area contributed by atoms with Crippen LogP contribution in [0, 0.1) is 0 Å². The molecule has 2 aromatic heterocycles. The third-order valence-corrected chi connectivity index (χ3v) is 8.56. The molecule has 0 saturated heterocycles. The first kappa shape index (κ1) is 28.2. The molecule has 0 spiro atoms.